The first-order valence-electron chi connectivity index (χ1n) is 7.17. The third-order valence-electron chi connectivity index (χ3n) is 2.62. The Bertz CT molecular complexity index is 213. The molecule has 0 saturated heterocycles. The molecular weight excluding hydrogens is 222 g/mol. The molecule has 0 amide bonds. The summed E-state index contributed by atoms with van der Waals surface area (Å²) in [5.74, 6) is 0. The normalized spacial score (nSPS) is 13.7. The summed E-state index contributed by atoms with van der Waals surface area (Å²) in [5.41, 5.74) is 0.709. The van der Waals surface area contributed by atoms with Gasteiger partial charge in [-0.25, -0.2) is 0 Å². The Morgan fingerprint density at radius 3 is 1.61 bits per heavy atom. The molecule has 0 rings (SSSR count). The highest BCUT2D eigenvalue weighted by Gasteiger charge is 2.20. The summed E-state index contributed by atoms with van der Waals surface area (Å²) in [4.78, 5) is 5.03. The van der Waals surface area contributed by atoms with Crippen molar-refractivity contribution in [2.24, 2.45) is 10.8 Å². The zero-order valence-electron chi connectivity index (χ0n) is 13.9. The van der Waals surface area contributed by atoms with Gasteiger partial charge in [0.2, 0.25) is 0 Å². The molecule has 0 radical (unpaired) electrons. The lowest BCUT2D eigenvalue weighted by molar-refractivity contribution is 0.0755. The summed E-state index contributed by atoms with van der Waals surface area (Å²) in [7, 11) is 2.02. The Labute approximate surface area is 115 Å². The van der Waals surface area contributed by atoms with Crippen LogP contribution >= 0.6 is 0 Å². The van der Waals surface area contributed by atoms with Crippen LogP contribution in [0.3, 0.4) is 0 Å². The molecule has 0 aromatic heterocycles. The number of nitrogens with zero attached hydrogens (tertiary/aromatic N) is 2. The molecule has 3 nitrogen and oxygen atoms in total. The van der Waals surface area contributed by atoms with E-state index in [1.165, 1.54) is 0 Å². The zero-order valence-corrected chi connectivity index (χ0v) is 13.9. The van der Waals surface area contributed by atoms with Crippen molar-refractivity contribution in [1.82, 2.24) is 15.1 Å². The molecule has 0 aliphatic heterocycles. The summed E-state index contributed by atoms with van der Waals surface area (Å²) >= 11 is 0. The van der Waals surface area contributed by atoms with Crippen LogP contribution in [0, 0.1) is 10.8 Å². The maximum atomic E-state index is 3.28. The van der Waals surface area contributed by atoms with Crippen LogP contribution in [0.25, 0.3) is 0 Å². The van der Waals surface area contributed by atoms with E-state index in [1.54, 1.807) is 0 Å². The summed E-state index contributed by atoms with van der Waals surface area (Å²) < 4.78 is 0. The van der Waals surface area contributed by atoms with Gasteiger partial charge < -0.3 is 5.32 Å². The molecule has 0 spiro atoms. The SMILES string of the molecule is CCN(CN(CNC)CC(C)(C)C)CC(C)(C)C. The lowest BCUT2D eigenvalue weighted by Crippen LogP contribution is -2.47. The van der Waals surface area contributed by atoms with Crippen molar-refractivity contribution in [3.05, 3.63) is 0 Å². The summed E-state index contributed by atoms with van der Waals surface area (Å²) in [6.07, 6.45) is 0. The highest BCUT2D eigenvalue weighted by Crippen LogP contribution is 2.18. The smallest absolute Gasteiger partial charge is 0.0518 e. The third-order valence-corrected chi connectivity index (χ3v) is 2.62. The molecule has 0 saturated carbocycles. The van der Waals surface area contributed by atoms with E-state index >= 15 is 0 Å². The molecule has 3 heteroatoms. The lowest BCUT2D eigenvalue weighted by Gasteiger charge is -2.36. The maximum Gasteiger partial charge on any atom is 0.0518 e. The molecule has 0 bridgehead atoms. The maximum absolute atomic E-state index is 3.28. The minimum Gasteiger partial charge on any atom is -0.307 e. The second kappa shape index (κ2) is 7.46. The Hall–Kier alpha value is -0.120. The Morgan fingerprint density at radius 1 is 0.833 bits per heavy atom. The van der Waals surface area contributed by atoms with Gasteiger partial charge in [-0.15, -0.1) is 0 Å². The molecule has 110 valence electrons. The first-order valence-corrected chi connectivity index (χ1v) is 7.17. The van der Waals surface area contributed by atoms with Gasteiger partial charge in [0, 0.05) is 19.8 Å². The van der Waals surface area contributed by atoms with E-state index in [1.807, 2.05) is 7.05 Å². The second-order valence-corrected chi connectivity index (χ2v) is 7.75. The van der Waals surface area contributed by atoms with E-state index in [-0.39, 0.29) is 0 Å². The number of nitrogens with one attached hydrogen (secondary N) is 1. The van der Waals surface area contributed by atoms with Gasteiger partial charge >= 0.3 is 0 Å². The minimum absolute atomic E-state index is 0.345. The number of hydrogen-bond acceptors (Lipinski definition) is 3. The Morgan fingerprint density at radius 2 is 1.28 bits per heavy atom. The second-order valence-electron chi connectivity index (χ2n) is 7.75. The van der Waals surface area contributed by atoms with Gasteiger partial charge in [-0.1, -0.05) is 48.5 Å². The average Bonchev–Trinajstić information content (AvgIpc) is 2.12. The van der Waals surface area contributed by atoms with Crippen LogP contribution in [0.5, 0.6) is 0 Å². The predicted octanol–water partition coefficient (Wildman–Crippen LogP) is 2.84. The topological polar surface area (TPSA) is 18.5 Å². The Kier molecular flexibility index (Phi) is 7.41. The van der Waals surface area contributed by atoms with E-state index in [4.69, 9.17) is 0 Å². The third kappa shape index (κ3) is 9.86. The van der Waals surface area contributed by atoms with Crippen LogP contribution < -0.4 is 5.32 Å². The van der Waals surface area contributed by atoms with Crippen LogP contribution in [-0.2, 0) is 0 Å². The quantitative estimate of drug-likeness (QED) is 0.708. The van der Waals surface area contributed by atoms with Crippen molar-refractivity contribution in [3.8, 4) is 0 Å². The molecule has 0 atom stereocenters. The average molecular weight is 257 g/mol. The summed E-state index contributed by atoms with van der Waals surface area (Å²) in [6.45, 7) is 21.5. The molecule has 0 aromatic carbocycles. The van der Waals surface area contributed by atoms with Crippen LogP contribution in [0.1, 0.15) is 48.5 Å². The lowest BCUT2D eigenvalue weighted by atomic mass is 9.95. The molecule has 0 aromatic rings. The van der Waals surface area contributed by atoms with Gasteiger partial charge in [0.1, 0.15) is 0 Å². The fourth-order valence-corrected chi connectivity index (χ4v) is 2.27. The van der Waals surface area contributed by atoms with Crippen LogP contribution in [0.4, 0.5) is 0 Å². The molecule has 0 aliphatic carbocycles. The van der Waals surface area contributed by atoms with Crippen molar-refractivity contribution in [2.45, 2.75) is 48.5 Å². The predicted molar refractivity (Wildman–Crippen MR) is 81.7 cm³/mol. The van der Waals surface area contributed by atoms with Crippen molar-refractivity contribution in [1.29, 1.82) is 0 Å². The highest BCUT2D eigenvalue weighted by molar-refractivity contribution is 4.72. The fraction of sp³-hybridized carbons (Fsp3) is 1.00. The minimum atomic E-state index is 0.345. The van der Waals surface area contributed by atoms with Gasteiger partial charge in [0.15, 0.2) is 0 Å². The van der Waals surface area contributed by atoms with E-state index in [0.717, 1.165) is 33.0 Å². The molecule has 0 heterocycles. The monoisotopic (exact) mass is 257 g/mol. The van der Waals surface area contributed by atoms with Crippen molar-refractivity contribution in [3.63, 3.8) is 0 Å². The van der Waals surface area contributed by atoms with Gasteiger partial charge in [0.25, 0.3) is 0 Å². The largest absolute Gasteiger partial charge is 0.307 e. The standard InChI is InChI=1S/C15H35N3/c1-9-17(10-14(2,3)4)13-18(12-16-8)11-15(5,6)7/h16H,9-13H2,1-8H3. The Balaban J connectivity index is 4.44. The summed E-state index contributed by atoms with van der Waals surface area (Å²) in [6, 6.07) is 0. The zero-order chi connectivity index (χ0) is 14.4. The van der Waals surface area contributed by atoms with E-state index in [2.05, 4.69) is 63.6 Å². The molecular formula is C15H35N3. The molecule has 18 heavy (non-hydrogen) atoms. The van der Waals surface area contributed by atoms with Gasteiger partial charge in [0.05, 0.1) is 6.67 Å². The van der Waals surface area contributed by atoms with Crippen molar-refractivity contribution < 1.29 is 0 Å². The summed E-state index contributed by atoms with van der Waals surface area (Å²) in [5, 5.41) is 3.28. The molecule has 1 N–H and O–H groups in total. The van der Waals surface area contributed by atoms with E-state index in [9.17, 15) is 0 Å². The fourth-order valence-electron chi connectivity index (χ4n) is 2.27. The van der Waals surface area contributed by atoms with E-state index < -0.39 is 0 Å². The first kappa shape index (κ1) is 17.9. The van der Waals surface area contributed by atoms with Crippen LogP contribution in [0.2, 0.25) is 0 Å². The van der Waals surface area contributed by atoms with Crippen LogP contribution in [0.15, 0.2) is 0 Å². The highest BCUT2D eigenvalue weighted by atomic mass is 15.3. The van der Waals surface area contributed by atoms with Crippen molar-refractivity contribution in [2.75, 3.05) is 40.0 Å². The molecule has 0 aliphatic rings. The first-order chi connectivity index (χ1) is 8.07. The molecule has 0 fully saturated rings. The van der Waals surface area contributed by atoms with Gasteiger partial charge in [-0.2, -0.15) is 0 Å². The van der Waals surface area contributed by atoms with Gasteiger partial charge in [-0.05, 0) is 24.4 Å². The van der Waals surface area contributed by atoms with Gasteiger partial charge in [-0.3, -0.25) is 9.80 Å². The number of rotatable bonds is 7. The van der Waals surface area contributed by atoms with Crippen LogP contribution in [-0.4, -0.2) is 49.8 Å². The number of hydrogen-bond donors (Lipinski definition) is 1. The van der Waals surface area contributed by atoms with E-state index in [0.29, 0.717) is 10.8 Å². The molecule has 0 unspecified atom stereocenters. The van der Waals surface area contributed by atoms with Crippen molar-refractivity contribution >= 4 is 0 Å².